The molecule has 9 heteroatoms. The number of hydrogen-bond donors (Lipinski definition) is 1. The maximum absolute atomic E-state index is 12.9. The summed E-state index contributed by atoms with van der Waals surface area (Å²) in [6.07, 6.45) is 1.16. The minimum Gasteiger partial charge on any atom is -0.462 e. The molecule has 8 nitrogen and oxygen atoms in total. The Bertz CT molecular complexity index is 964. The number of nitro benzene ring substituents is 1. The summed E-state index contributed by atoms with van der Waals surface area (Å²) in [5.41, 5.74) is 1.89. The minimum atomic E-state index is -0.430. The van der Waals surface area contributed by atoms with Crippen molar-refractivity contribution in [3.8, 4) is 0 Å². The average molecular weight is 432 g/mol. The summed E-state index contributed by atoms with van der Waals surface area (Å²) >= 11 is 1.37. The molecule has 2 aromatic rings. The number of hydrogen-bond acceptors (Lipinski definition) is 7. The summed E-state index contributed by atoms with van der Waals surface area (Å²) in [6, 6.07) is 6.65. The third-order valence-corrected chi connectivity index (χ3v) is 6.51. The van der Waals surface area contributed by atoms with Crippen LogP contribution in [-0.4, -0.2) is 36.5 Å². The van der Waals surface area contributed by atoms with E-state index in [0.717, 1.165) is 10.4 Å². The van der Waals surface area contributed by atoms with Crippen molar-refractivity contribution < 1.29 is 19.2 Å². The highest BCUT2D eigenvalue weighted by atomic mass is 32.1. The van der Waals surface area contributed by atoms with Gasteiger partial charge in [-0.2, -0.15) is 0 Å². The fraction of sp³-hybridized carbons (Fsp3) is 0.429. The summed E-state index contributed by atoms with van der Waals surface area (Å²) in [5, 5.41) is 14.7. The van der Waals surface area contributed by atoms with Gasteiger partial charge in [-0.25, -0.2) is 4.79 Å². The molecule has 1 aliphatic rings. The lowest BCUT2D eigenvalue weighted by atomic mass is 9.95. The molecule has 0 aliphatic carbocycles. The number of esters is 1. The van der Waals surface area contributed by atoms with E-state index in [9.17, 15) is 19.7 Å². The summed E-state index contributed by atoms with van der Waals surface area (Å²) in [6.45, 7) is 6.87. The maximum Gasteiger partial charge on any atom is 0.341 e. The molecule has 0 unspecified atom stereocenters. The number of nitrogens with one attached hydrogen (secondary N) is 1. The van der Waals surface area contributed by atoms with Gasteiger partial charge in [0.2, 0.25) is 5.91 Å². The van der Waals surface area contributed by atoms with Crippen molar-refractivity contribution in [1.29, 1.82) is 0 Å². The maximum atomic E-state index is 12.9. The van der Waals surface area contributed by atoms with Crippen molar-refractivity contribution in [3.05, 3.63) is 50.4 Å². The Morgan fingerprint density at radius 2 is 1.93 bits per heavy atom. The molecule has 1 amide bonds. The van der Waals surface area contributed by atoms with Crippen LogP contribution in [0.4, 0.5) is 16.4 Å². The zero-order valence-electron chi connectivity index (χ0n) is 17.3. The van der Waals surface area contributed by atoms with Gasteiger partial charge in [0.25, 0.3) is 5.69 Å². The highest BCUT2D eigenvalue weighted by Crippen LogP contribution is 2.35. The fourth-order valence-corrected chi connectivity index (χ4v) is 4.70. The second-order valence-electron chi connectivity index (χ2n) is 7.20. The quantitative estimate of drug-likeness (QED) is 0.416. The van der Waals surface area contributed by atoms with E-state index in [1.165, 1.54) is 17.4 Å². The van der Waals surface area contributed by atoms with Gasteiger partial charge in [-0.05, 0) is 45.2 Å². The number of para-hydroxylation sites is 2. The van der Waals surface area contributed by atoms with Gasteiger partial charge in [-0.1, -0.05) is 12.1 Å². The van der Waals surface area contributed by atoms with Crippen molar-refractivity contribution in [1.82, 2.24) is 0 Å². The van der Waals surface area contributed by atoms with Crippen LogP contribution >= 0.6 is 11.3 Å². The first-order valence-corrected chi connectivity index (χ1v) is 10.7. The smallest absolute Gasteiger partial charge is 0.341 e. The van der Waals surface area contributed by atoms with E-state index >= 15 is 0 Å². The molecular weight excluding hydrogens is 406 g/mol. The van der Waals surface area contributed by atoms with Crippen LogP contribution in [0.3, 0.4) is 0 Å². The largest absolute Gasteiger partial charge is 0.462 e. The third-order valence-electron chi connectivity index (χ3n) is 5.39. The molecule has 2 heterocycles. The van der Waals surface area contributed by atoms with E-state index in [0.29, 0.717) is 42.2 Å². The predicted molar refractivity (Wildman–Crippen MR) is 116 cm³/mol. The van der Waals surface area contributed by atoms with Crippen LogP contribution in [0, 0.1) is 29.9 Å². The monoisotopic (exact) mass is 431 g/mol. The zero-order chi connectivity index (χ0) is 21.8. The Hall–Kier alpha value is -2.94. The van der Waals surface area contributed by atoms with E-state index in [1.807, 2.05) is 18.7 Å². The molecule has 0 atom stereocenters. The summed E-state index contributed by atoms with van der Waals surface area (Å²) in [5.74, 6) is -0.786. The number of piperidine rings is 1. The number of amides is 1. The molecule has 3 rings (SSSR count). The van der Waals surface area contributed by atoms with Crippen LogP contribution in [0.5, 0.6) is 0 Å². The van der Waals surface area contributed by atoms with E-state index in [1.54, 1.807) is 25.1 Å². The van der Waals surface area contributed by atoms with Crippen molar-refractivity contribution in [3.63, 3.8) is 0 Å². The molecule has 1 N–H and O–H groups in total. The number of rotatable bonds is 6. The highest BCUT2D eigenvalue weighted by molar-refractivity contribution is 7.16. The minimum absolute atomic E-state index is 0.0732. The van der Waals surface area contributed by atoms with Crippen molar-refractivity contribution in [2.24, 2.45) is 5.92 Å². The molecule has 1 aromatic heterocycles. The summed E-state index contributed by atoms with van der Waals surface area (Å²) in [4.78, 5) is 39.0. The normalized spacial score (nSPS) is 14.4. The number of nitro groups is 1. The van der Waals surface area contributed by atoms with Gasteiger partial charge in [-0.3, -0.25) is 14.9 Å². The molecule has 30 heavy (non-hydrogen) atoms. The molecule has 0 bridgehead atoms. The van der Waals surface area contributed by atoms with Crippen LogP contribution in [0.2, 0.25) is 0 Å². The zero-order valence-corrected chi connectivity index (χ0v) is 18.1. The van der Waals surface area contributed by atoms with E-state index in [4.69, 9.17) is 4.74 Å². The number of ether oxygens (including phenoxy) is 1. The van der Waals surface area contributed by atoms with Crippen molar-refractivity contribution in [2.75, 3.05) is 29.9 Å². The molecule has 160 valence electrons. The van der Waals surface area contributed by atoms with Gasteiger partial charge in [0, 0.05) is 30.0 Å². The topological polar surface area (TPSA) is 102 Å². The van der Waals surface area contributed by atoms with Gasteiger partial charge >= 0.3 is 5.97 Å². The third kappa shape index (κ3) is 4.46. The Morgan fingerprint density at radius 3 is 2.57 bits per heavy atom. The molecule has 1 fully saturated rings. The first-order valence-electron chi connectivity index (χ1n) is 9.89. The number of anilines is 2. The van der Waals surface area contributed by atoms with E-state index in [2.05, 4.69) is 5.32 Å². The lowest BCUT2D eigenvalue weighted by Crippen LogP contribution is -2.38. The number of carbonyl (C=O) groups excluding carboxylic acids is 2. The molecule has 0 radical (unpaired) electrons. The Balaban J connectivity index is 1.68. The first-order chi connectivity index (χ1) is 14.3. The van der Waals surface area contributed by atoms with Gasteiger partial charge in [0.05, 0.1) is 17.1 Å². The number of benzene rings is 1. The molecule has 1 aliphatic heterocycles. The molecule has 0 saturated carbocycles. The van der Waals surface area contributed by atoms with Gasteiger partial charge in [-0.15, -0.1) is 11.3 Å². The van der Waals surface area contributed by atoms with Gasteiger partial charge < -0.3 is 15.0 Å². The molecule has 1 aromatic carbocycles. The van der Waals surface area contributed by atoms with Crippen LogP contribution in [0.1, 0.15) is 40.6 Å². The Morgan fingerprint density at radius 1 is 1.27 bits per heavy atom. The van der Waals surface area contributed by atoms with Crippen molar-refractivity contribution >= 4 is 39.6 Å². The van der Waals surface area contributed by atoms with E-state index in [-0.39, 0.29) is 29.0 Å². The average Bonchev–Trinajstić information content (AvgIpc) is 3.01. The van der Waals surface area contributed by atoms with E-state index < -0.39 is 5.97 Å². The Labute approximate surface area is 179 Å². The van der Waals surface area contributed by atoms with Crippen LogP contribution < -0.4 is 10.2 Å². The van der Waals surface area contributed by atoms with Gasteiger partial charge in [0.15, 0.2) is 0 Å². The van der Waals surface area contributed by atoms with Crippen molar-refractivity contribution in [2.45, 2.75) is 33.6 Å². The summed E-state index contributed by atoms with van der Waals surface area (Å²) < 4.78 is 5.14. The summed E-state index contributed by atoms with van der Waals surface area (Å²) in [7, 11) is 0. The SMILES string of the molecule is CCOC(=O)c1c(NC(=O)C2CCN(c3ccccc3[N+](=O)[O-])CC2)sc(C)c1C. The fourth-order valence-electron chi connectivity index (χ4n) is 3.65. The first kappa shape index (κ1) is 21.8. The number of nitrogens with zero attached hydrogens (tertiary/aromatic N) is 2. The number of carbonyl (C=O) groups is 2. The molecular formula is C21H25N3O5S. The van der Waals surface area contributed by atoms with Gasteiger partial charge in [0.1, 0.15) is 10.7 Å². The Kier molecular flexibility index (Phi) is 6.71. The standard InChI is InChI=1S/C21H25N3O5S/c1-4-29-21(26)18-13(2)14(3)30-20(18)22-19(25)15-9-11-23(12-10-15)16-7-5-6-8-17(16)24(27)28/h5-8,15H,4,9-12H2,1-3H3,(H,22,25). The molecule has 1 saturated heterocycles. The lowest BCUT2D eigenvalue weighted by molar-refractivity contribution is -0.384. The second-order valence-corrected chi connectivity index (χ2v) is 8.43. The lowest BCUT2D eigenvalue weighted by Gasteiger charge is -2.32. The van der Waals surface area contributed by atoms with Crippen LogP contribution in [0.25, 0.3) is 0 Å². The highest BCUT2D eigenvalue weighted by Gasteiger charge is 2.30. The predicted octanol–water partition coefficient (Wildman–Crippen LogP) is 4.30. The second kappa shape index (κ2) is 9.25. The molecule has 0 spiro atoms. The number of thiophene rings is 1. The van der Waals surface area contributed by atoms with Crippen LogP contribution in [-0.2, 0) is 9.53 Å². The van der Waals surface area contributed by atoms with Crippen LogP contribution in [0.15, 0.2) is 24.3 Å². The number of aryl methyl sites for hydroxylation is 1.